The first-order valence-electron chi connectivity index (χ1n) is 8.21. The highest BCUT2D eigenvalue weighted by Crippen LogP contribution is 2.32. The molecule has 0 unspecified atom stereocenters. The number of nitrogens with zero attached hydrogens (tertiary/aromatic N) is 1. The van der Waals surface area contributed by atoms with Gasteiger partial charge < -0.3 is 10.2 Å². The van der Waals surface area contributed by atoms with Crippen molar-refractivity contribution >= 4 is 40.2 Å². The van der Waals surface area contributed by atoms with Crippen molar-refractivity contribution in [2.24, 2.45) is 5.41 Å². The van der Waals surface area contributed by atoms with Gasteiger partial charge in [-0.05, 0) is 47.0 Å². The first-order chi connectivity index (χ1) is 11.3. The zero-order chi connectivity index (χ0) is 17.3. The molecule has 2 heterocycles. The molecule has 0 radical (unpaired) electrons. The maximum absolute atomic E-state index is 12.1. The van der Waals surface area contributed by atoms with E-state index in [1.54, 1.807) is 0 Å². The van der Waals surface area contributed by atoms with Crippen LogP contribution in [0.3, 0.4) is 0 Å². The van der Waals surface area contributed by atoms with Crippen LogP contribution < -0.4 is 10.2 Å². The van der Waals surface area contributed by atoms with Gasteiger partial charge in [-0.2, -0.15) is 0 Å². The normalized spacial score (nSPS) is 14.4. The van der Waals surface area contributed by atoms with E-state index < -0.39 is 0 Å². The van der Waals surface area contributed by atoms with Gasteiger partial charge >= 0.3 is 0 Å². The second-order valence-corrected chi connectivity index (χ2v) is 8.90. The van der Waals surface area contributed by atoms with E-state index in [0.717, 1.165) is 25.2 Å². The van der Waals surface area contributed by atoms with Crippen LogP contribution in [0.2, 0.25) is 5.02 Å². The van der Waals surface area contributed by atoms with Crippen LogP contribution in [0.1, 0.15) is 37.6 Å². The summed E-state index contributed by atoms with van der Waals surface area (Å²) in [6, 6.07) is 8.10. The number of benzene rings is 1. The van der Waals surface area contributed by atoms with Gasteiger partial charge in [0, 0.05) is 30.1 Å². The number of halogens is 1. The van der Waals surface area contributed by atoms with Gasteiger partial charge in [0.15, 0.2) is 0 Å². The van der Waals surface area contributed by atoms with Crippen molar-refractivity contribution in [1.82, 2.24) is 0 Å². The highest BCUT2D eigenvalue weighted by atomic mass is 35.5. The predicted octanol–water partition coefficient (Wildman–Crippen LogP) is 5.34. The Morgan fingerprint density at radius 3 is 2.83 bits per heavy atom. The van der Waals surface area contributed by atoms with Crippen molar-refractivity contribution in [3.63, 3.8) is 0 Å². The summed E-state index contributed by atoms with van der Waals surface area (Å²) in [5.41, 5.74) is 3.15. The molecule has 24 heavy (non-hydrogen) atoms. The Kier molecular flexibility index (Phi) is 4.88. The molecule has 5 heteroatoms. The van der Waals surface area contributed by atoms with Crippen LogP contribution in [0.5, 0.6) is 0 Å². The molecule has 1 aromatic heterocycles. The summed E-state index contributed by atoms with van der Waals surface area (Å²) < 4.78 is 0. The lowest BCUT2D eigenvalue weighted by atomic mass is 9.92. The van der Waals surface area contributed by atoms with E-state index in [9.17, 15) is 4.79 Å². The van der Waals surface area contributed by atoms with Crippen molar-refractivity contribution in [2.75, 3.05) is 16.8 Å². The third-order valence-corrected chi connectivity index (χ3v) is 5.43. The maximum atomic E-state index is 12.1. The number of hydrogen-bond donors (Lipinski definition) is 1. The fourth-order valence-electron chi connectivity index (χ4n) is 2.95. The Morgan fingerprint density at radius 1 is 1.33 bits per heavy atom. The molecule has 3 nitrogen and oxygen atoms in total. The van der Waals surface area contributed by atoms with Crippen molar-refractivity contribution < 1.29 is 4.79 Å². The monoisotopic (exact) mass is 362 g/mol. The number of thiophene rings is 1. The van der Waals surface area contributed by atoms with Crippen LogP contribution >= 0.6 is 22.9 Å². The molecule has 0 atom stereocenters. The smallest absolute Gasteiger partial charge is 0.224 e. The summed E-state index contributed by atoms with van der Waals surface area (Å²) in [6.07, 6.45) is 1.55. The zero-order valence-corrected chi connectivity index (χ0v) is 15.9. The fraction of sp³-hybridized carbons (Fsp3) is 0.421. The number of carbonyl (C=O) groups is 1. The summed E-state index contributed by atoms with van der Waals surface area (Å²) in [5.74, 6) is -0.00182. The molecular weight excluding hydrogens is 340 g/mol. The van der Waals surface area contributed by atoms with Gasteiger partial charge in [0.2, 0.25) is 5.91 Å². The topological polar surface area (TPSA) is 32.3 Å². The molecule has 0 bridgehead atoms. The number of carbonyl (C=O) groups excluding carboxylic acids is 1. The Balaban J connectivity index is 1.70. The number of amides is 1. The minimum atomic E-state index is -0.0391. The minimum absolute atomic E-state index is 0.00182. The third kappa shape index (κ3) is 4.11. The number of anilines is 2. The van der Waals surface area contributed by atoms with Crippen LogP contribution in [0.25, 0.3) is 0 Å². The molecule has 1 aliphatic rings. The molecule has 1 aromatic carbocycles. The first-order valence-corrected chi connectivity index (χ1v) is 9.47. The summed E-state index contributed by atoms with van der Waals surface area (Å²) in [6.45, 7) is 8.06. The van der Waals surface area contributed by atoms with Crippen molar-refractivity contribution in [1.29, 1.82) is 0 Å². The molecule has 1 amide bonds. The van der Waals surface area contributed by atoms with Crippen molar-refractivity contribution in [2.45, 2.75) is 40.2 Å². The molecule has 128 valence electrons. The number of fused-ring (bicyclic) bond motifs is 1. The van der Waals surface area contributed by atoms with Crippen LogP contribution in [0, 0.1) is 5.41 Å². The van der Waals surface area contributed by atoms with Gasteiger partial charge in [-0.15, -0.1) is 11.3 Å². The quantitative estimate of drug-likeness (QED) is 0.799. The molecule has 3 rings (SSSR count). The lowest BCUT2D eigenvalue weighted by Crippen LogP contribution is -2.29. The lowest BCUT2D eigenvalue weighted by Gasteiger charge is -2.29. The molecular formula is C19H23ClN2OS. The van der Waals surface area contributed by atoms with Gasteiger partial charge in [-0.1, -0.05) is 32.4 Å². The first kappa shape index (κ1) is 17.3. The number of hydrogen-bond acceptors (Lipinski definition) is 3. The van der Waals surface area contributed by atoms with E-state index in [4.69, 9.17) is 11.6 Å². The molecule has 0 saturated heterocycles. The highest BCUT2D eigenvalue weighted by molar-refractivity contribution is 7.10. The Hall–Kier alpha value is -1.52. The predicted molar refractivity (Wildman–Crippen MR) is 103 cm³/mol. The van der Waals surface area contributed by atoms with E-state index in [1.807, 2.05) is 50.3 Å². The maximum Gasteiger partial charge on any atom is 0.224 e. The summed E-state index contributed by atoms with van der Waals surface area (Å²) >= 11 is 8.24. The van der Waals surface area contributed by atoms with Gasteiger partial charge in [0.1, 0.15) is 0 Å². The summed E-state index contributed by atoms with van der Waals surface area (Å²) in [5, 5.41) is 5.67. The molecule has 0 aliphatic carbocycles. The fourth-order valence-corrected chi connectivity index (χ4v) is 4.06. The number of rotatable bonds is 3. The van der Waals surface area contributed by atoms with Crippen LogP contribution in [-0.4, -0.2) is 12.5 Å². The number of nitrogens with one attached hydrogen (secondary N) is 1. The second kappa shape index (κ2) is 6.77. The molecule has 2 aromatic rings. The molecule has 0 saturated carbocycles. The van der Waals surface area contributed by atoms with Crippen molar-refractivity contribution in [3.8, 4) is 0 Å². The van der Waals surface area contributed by atoms with Gasteiger partial charge in [0.25, 0.3) is 0 Å². The second-order valence-electron chi connectivity index (χ2n) is 7.49. The standard InChI is InChI=1S/C19H23ClN2OS/c1-19(2,3)11-18(23)21-16-5-4-14(10-15(16)20)22-8-6-17-13(12-22)7-9-24-17/h4-5,7,9-10H,6,8,11-12H2,1-3H3,(H,21,23). The molecule has 0 fully saturated rings. The van der Waals surface area contributed by atoms with E-state index in [2.05, 4.69) is 21.7 Å². The van der Waals surface area contributed by atoms with Crippen LogP contribution in [-0.2, 0) is 17.8 Å². The average Bonchev–Trinajstić information content (AvgIpc) is 2.94. The van der Waals surface area contributed by atoms with Crippen LogP contribution in [0.15, 0.2) is 29.6 Å². The summed E-state index contributed by atoms with van der Waals surface area (Å²) in [4.78, 5) is 15.9. The van der Waals surface area contributed by atoms with Crippen molar-refractivity contribution in [3.05, 3.63) is 45.1 Å². The van der Waals surface area contributed by atoms with E-state index in [-0.39, 0.29) is 11.3 Å². The van der Waals surface area contributed by atoms with Crippen LogP contribution in [0.4, 0.5) is 11.4 Å². The third-order valence-electron chi connectivity index (χ3n) is 4.09. The molecule has 1 N–H and O–H groups in total. The zero-order valence-electron chi connectivity index (χ0n) is 14.4. The van der Waals surface area contributed by atoms with E-state index in [0.29, 0.717) is 17.1 Å². The summed E-state index contributed by atoms with van der Waals surface area (Å²) in [7, 11) is 0. The van der Waals surface area contributed by atoms with Gasteiger partial charge in [-0.25, -0.2) is 0 Å². The Bertz CT molecular complexity index is 748. The minimum Gasteiger partial charge on any atom is -0.367 e. The molecule has 0 spiro atoms. The van der Waals surface area contributed by atoms with E-state index in [1.165, 1.54) is 10.4 Å². The SMILES string of the molecule is CC(C)(C)CC(=O)Nc1ccc(N2CCc3sccc3C2)cc1Cl. The highest BCUT2D eigenvalue weighted by Gasteiger charge is 2.19. The lowest BCUT2D eigenvalue weighted by molar-refractivity contribution is -0.117. The largest absolute Gasteiger partial charge is 0.367 e. The Labute approximate surface area is 152 Å². The van der Waals surface area contributed by atoms with E-state index >= 15 is 0 Å². The molecule has 1 aliphatic heterocycles. The average molecular weight is 363 g/mol. The van der Waals surface area contributed by atoms with Gasteiger partial charge in [-0.3, -0.25) is 4.79 Å². The Morgan fingerprint density at radius 2 is 2.12 bits per heavy atom. The van der Waals surface area contributed by atoms with Gasteiger partial charge in [0.05, 0.1) is 10.7 Å².